The Hall–Kier alpha value is -4.55. The predicted octanol–water partition coefficient (Wildman–Crippen LogP) is 4.46. The molecule has 7 heterocycles. The fourth-order valence-corrected chi connectivity index (χ4v) is 11.9. The lowest BCUT2D eigenvalue weighted by Crippen LogP contribution is -2.69. The number of fused-ring (bicyclic) bond motifs is 9. The number of nitrogens with zero attached hydrogens (tertiary/aromatic N) is 3. The molecule has 1 unspecified atom stereocenters. The zero-order valence-corrected chi connectivity index (χ0v) is 32.0. The van der Waals surface area contributed by atoms with E-state index in [0.717, 1.165) is 38.9 Å². The molecule has 14 heteroatoms. The third-order valence-electron chi connectivity index (χ3n) is 12.5. The number of phenols is 2. The Morgan fingerprint density at radius 2 is 1.85 bits per heavy atom. The van der Waals surface area contributed by atoms with Gasteiger partial charge in [-0.05, 0) is 75.0 Å². The zero-order valence-electron chi connectivity index (χ0n) is 31.1. The molecule has 0 amide bonds. The van der Waals surface area contributed by atoms with E-state index < -0.39 is 34.9 Å². The van der Waals surface area contributed by atoms with Crippen LogP contribution in [-0.2, 0) is 27.9 Å². The molecule has 3 aromatic rings. The molecular weight excluding hydrogens is 713 g/mol. The molecule has 284 valence electrons. The Morgan fingerprint density at radius 1 is 1.06 bits per heavy atom. The number of nitriles is 1. The topological polar surface area (TPSA) is 155 Å². The van der Waals surface area contributed by atoms with Crippen molar-refractivity contribution < 1.29 is 43.4 Å². The lowest BCUT2D eigenvalue weighted by molar-refractivity contribution is -0.157. The molecule has 13 nitrogen and oxygen atoms in total. The highest BCUT2D eigenvalue weighted by atomic mass is 32.2. The lowest BCUT2D eigenvalue weighted by atomic mass is 9.71. The average Bonchev–Trinajstić information content (AvgIpc) is 3.65. The summed E-state index contributed by atoms with van der Waals surface area (Å²) in [6.45, 7) is 6.67. The molecule has 0 radical (unpaired) electrons. The van der Waals surface area contributed by atoms with Crippen molar-refractivity contribution >= 4 is 17.7 Å². The molecule has 0 saturated carbocycles. The van der Waals surface area contributed by atoms with Gasteiger partial charge in [0.05, 0.1) is 44.2 Å². The van der Waals surface area contributed by atoms with Gasteiger partial charge in [-0.1, -0.05) is 6.07 Å². The van der Waals surface area contributed by atoms with E-state index in [1.54, 1.807) is 31.0 Å². The van der Waals surface area contributed by atoms with Crippen molar-refractivity contribution in [3.63, 3.8) is 0 Å². The predicted molar refractivity (Wildman–Crippen MR) is 198 cm³/mol. The SMILES string of the molecule is CCOc1c(C)c2c(c3c1[C@H]1SC[C@]4(NCCc5cc(O)c(OC)cc54)C(=O)OC[C@@H]3N3C1[C@H]1c4c(cc(C)c(OC)c4O)C[C@@H]([C@@H]3C#N)N1C)OCO2. The van der Waals surface area contributed by atoms with Crippen LogP contribution in [0, 0.1) is 25.2 Å². The Morgan fingerprint density at radius 3 is 2.59 bits per heavy atom. The zero-order chi connectivity index (χ0) is 37.8. The summed E-state index contributed by atoms with van der Waals surface area (Å²) in [7, 11) is 5.10. The van der Waals surface area contributed by atoms with Crippen LogP contribution in [0.25, 0.3) is 0 Å². The molecule has 7 aliphatic rings. The molecule has 4 bridgehead atoms. The third kappa shape index (κ3) is 4.65. The average molecular weight is 757 g/mol. The monoisotopic (exact) mass is 756 g/mol. The first-order valence-corrected chi connectivity index (χ1v) is 19.5. The number of rotatable bonds is 4. The number of phenolic OH excluding ortho intramolecular Hbond substituents is 2. The van der Waals surface area contributed by atoms with Crippen molar-refractivity contribution in [2.24, 2.45) is 0 Å². The minimum Gasteiger partial charge on any atom is -0.504 e. The number of nitrogens with one attached hydrogen (secondary N) is 1. The first-order valence-electron chi connectivity index (χ1n) is 18.4. The van der Waals surface area contributed by atoms with Crippen LogP contribution in [0.4, 0.5) is 0 Å². The third-order valence-corrected chi connectivity index (χ3v) is 14.0. The quantitative estimate of drug-likeness (QED) is 0.321. The highest BCUT2D eigenvalue weighted by molar-refractivity contribution is 7.99. The molecule has 10 rings (SSSR count). The number of ether oxygens (including phenoxy) is 6. The molecule has 0 aromatic heterocycles. The van der Waals surface area contributed by atoms with Crippen molar-refractivity contribution in [3.05, 3.63) is 62.7 Å². The van der Waals surface area contributed by atoms with Gasteiger partial charge in [0.1, 0.15) is 18.4 Å². The van der Waals surface area contributed by atoms with Crippen molar-refractivity contribution in [1.29, 1.82) is 5.26 Å². The number of esters is 1. The maximum Gasteiger partial charge on any atom is 0.331 e. The second-order valence-electron chi connectivity index (χ2n) is 14.9. The van der Waals surface area contributed by atoms with Gasteiger partial charge in [0, 0.05) is 46.6 Å². The molecule has 3 N–H and O–H groups in total. The molecule has 0 aliphatic carbocycles. The second-order valence-corrected chi connectivity index (χ2v) is 16.1. The lowest BCUT2D eigenvalue weighted by Gasteiger charge is -2.62. The fourth-order valence-electron chi connectivity index (χ4n) is 10.2. The van der Waals surface area contributed by atoms with Crippen molar-refractivity contribution in [1.82, 2.24) is 15.1 Å². The van der Waals surface area contributed by atoms with Gasteiger partial charge in [0.2, 0.25) is 6.79 Å². The molecule has 7 aliphatic heterocycles. The highest BCUT2D eigenvalue weighted by Crippen LogP contribution is 2.64. The van der Waals surface area contributed by atoms with Gasteiger partial charge < -0.3 is 38.6 Å². The Kier molecular flexibility index (Phi) is 8.31. The van der Waals surface area contributed by atoms with Gasteiger partial charge in [0.15, 0.2) is 40.0 Å². The number of methoxy groups -OCH3 is 2. The number of carbonyl (C=O) groups is 1. The number of likely N-dealkylation sites (N-methyl/N-ethyl adjacent to an activating group) is 1. The van der Waals surface area contributed by atoms with Gasteiger partial charge in [-0.2, -0.15) is 5.26 Å². The Labute approximate surface area is 318 Å². The highest BCUT2D eigenvalue weighted by Gasteiger charge is 2.61. The van der Waals surface area contributed by atoms with E-state index in [-0.39, 0.29) is 48.5 Å². The fraction of sp³-hybridized carbons (Fsp3) is 0.500. The number of aromatic hydroxyl groups is 2. The van der Waals surface area contributed by atoms with Gasteiger partial charge in [-0.25, -0.2) is 4.79 Å². The van der Waals surface area contributed by atoms with E-state index >= 15 is 0 Å². The van der Waals surface area contributed by atoms with E-state index in [2.05, 4.69) is 27.3 Å². The van der Waals surface area contributed by atoms with E-state index in [9.17, 15) is 20.3 Å². The smallest absolute Gasteiger partial charge is 0.331 e. The summed E-state index contributed by atoms with van der Waals surface area (Å²) in [4.78, 5) is 19.2. The number of hydrogen-bond acceptors (Lipinski definition) is 14. The number of aryl methyl sites for hydroxylation is 1. The van der Waals surface area contributed by atoms with Crippen LogP contribution in [0.5, 0.6) is 40.2 Å². The van der Waals surface area contributed by atoms with Crippen LogP contribution >= 0.6 is 11.8 Å². The summed E-state index contributed by atoms with van der Waals surface area (Å²) in [5.74, 6) is 2.43. The summed E-state index contributed by atoms with van der Waals surface area (Å²) in [6, 6.07) is 5.91. The molecule has 54 heavy (non-hydrogen) atoms. The Balaban J connectivity index is 1.33. The first-order chi connectivity index (χ1) is 26.1. The minimum absolute atomic E-state index is 0.00879. The van der Waals surface area contributed by atoms with Crippen LogP contribution in [-0.4, -0.2) is 97.7 Å². The number of thioether (sulfide) groups is 1. The molecule has 2 saturated heterocycles. The largest absolute Gasteiger partial charge is 0.504 e. The minimum atomic E-state index is -1.29. The standard InChI is InChI=1S/C40H44N4O9S/c1-7-50-35-19(3)36-37(53-17-52-36)29-25-15-51-39(47)40(22-13-27(48-5)26(45)12-20(22)8-9-42-40)16-54-38(30(29)35)32-31-28-21(10-18(2)34(49-6)33(28)46)11-23(43(31)4)24(14-41)44(25)32/h10,12-13,23-25,31-32,38,42,45-46H,7-9,11,15-17H2,1-6H3/t23-,24-,25-,31+,32?,38+,40+/m0/s1. The van der Waals surface area contributed by atoms with Crippen LogP contribution in [0.1, 0.15) is 68.8 Å². The van der Waals surface area contributed by atoms with Gasteiger partial charge in [0.25, 0.3) is 0 Å². The van der Waals surface area contributed by atoms with Gasteiger partial charge in [-0.15, -0.1) is 11.8 Å². The van der Waals surface area contributed by atoms with Crippen molar-refractivity contribution in [2.45, 2.75) is 74.6 Å². The van der Waals surface area contributed by atoms with E-state index in [1.807, 2.05) is 27.8 Å². The number of hydrogen-bond donors (Lipinski definition) is 3. The van der Waals surface area contributed by atoms with Gasteiger partial charge >= 0.3 is 5.97 Å². The normalized spacial score (nSPS) is 29.3. The summed E-state index contributed by atoms with van der Waals surface area (Å²) in [5.41, 5.74) is 5.35. The maximum absolute atomic E-state index is 14.8. The van der Waals surface area contributed by atoms with Crippen molar-refractivity contribution in [3.8, 4) is 46.3 Å². The summed E-state index contributed by atoms with van der Waals surface area (Å²) < 4.78 is 36.7. The number of benzene rings is 3. The van der Waals surface area contributed by atoms with E-state index in [1.165, 1.54) is 7.11 Å². The molecule has 7 atom stereocenters. The summed E-state index contributed by atoms with van der Waals surface area (Å²) in [5, 5.41) is 37.1. The molecule has 3 aromatic carbocycles. The van der Waals surface area contributed by atoms with Crippen molar-refractivity contribution in [2.75, 3.05) is 53.6 Å². The first kappa shape index (κ1) is 35.2. The van der Waals surface area contributed by atoms with Crippen LogP contribution in [0.2, 0.25) is 0 Å². The summed E-state index contributed by atoms with van der Waals surface area (Å²) >= 11 is 1.59. The Bertz CT molecular complexity index is 2140. The molecule has 2 fully saturated rings. The second kappa shape index (κ2) is 12.8. The van der Waals surface area contributed by atoms with E-state index in [0.29, 0.717) is 54.6 Å². The van der Waals surface area contributed by atoms with Crippen LogP contribution in [0.15, 0.2) is 18.2 Å². The summed E-state index contributed by atoms with van der Waals surface area (Å²) in [6.07, 6.45) is 1.14. The molecule has 1 spiro atoms. The number of piperazine rings is 1. The van der Waals surface area contributed by atoms with Crippen LogP contribution < -0.4 is 29.0 Å². The van der Waals surface area contributed by atoms with E-state index in [4.69, 9.17) is 28.4 Å². The van der Waals surface area contributed by atoms with Crippen LogP contribution in [0.3, 0.4) is 0 Å². The van der Waals surface area contributed by atoms with Gasteiger partial charge in [-0.3, -0.25) is 15.1 Å². The molecular formula is C40H44N4O9S. The number of carbonyl (C=O) groups excluding carboxylic acids is 1. The maximum atomic E-state index is 14.8.